The number of rotatable bonds is 4. The summed E-state index contributed by atoms with van der Waals surface area (Å²) in [6.45, 7) is 5.36. The minimum atomic E-state index is 0.579. The maximum absolute atomic E-state index is 4.68. The van der Waals surface area contributed by atoms with Crippen LogP contribution in [0.2, 0.25) is 0 Å². The minimum Gasteiger partial charge on any atom is -0.367 e. The summed E-state index contributed by atoms with van der Waals surface area (Å²) < 4.78 is 1.32. The summed E-state index contributed by atoms with van der Waals surface area (Å²) in [6.07, 6.45) is 11.3. The van der Waals surface area contributed by atoms with Gasteiger partial charge in [0.2, 0.25) is 0 Å². The molecule has 4 aromatic rings. The number of aryl methyl sites for hydroxylation is 1. The van der Waals surface area contributed by atoms with Crippen molar-refractivity contribution in [2.75, 3.05) is 32.0 Å². The average Bonchev–Trinajstić information content (AvgIpc) is 3.44. The highest BCUT2D eigenvalue weighted by molar-refractivity contribution is 7.17. The average molecular weight is 454 g/mol. The number of benzene rings is 2. The highest BCUT2D eigenvalue weighted by atomic mass is 32.1. The monoisotopic (exact) mass is 453 g/mol. The molecule has 1 saturated heterocycles. The summed E-state index contributed by atoms with van der Waals surface area (Å²) >= 11 is 1.80. The molecular weight excluding hydrogens is 426 g/mol. The zero-order valence-electron chi connectivity index (χ0n) is 19.0. The molecule has 1 atom stereocenters. The van der Waals surface area contributed by atoms with Crippen LogP contribution in [0.5, 0.6) is 0 Å². The first-order valence-corrected chi connectivity index (χ1v) is 12.3. The van der Waals surface area contributed by atoms with Gasteiger partial charge in [-0.2, -0.15) is 0 Å². The maximum atomic E-state index is 4.68. The van der Waals surface area contributed by atoms with E-state index in [0.29, 0.717) is 6.04 Å². The summed E-state index contributed by atoms with van der Waals surface area (Å²) in [7, 11) is 2.20. The molecule has 0 amide bonds. The van der Waals surface area contributed by atoms with Gasteiger partial charge >= 0.3 is 0 Å². The molecule has 2 aliphatic heterocycles. The Kier molecular flexibility index (Phi) is 5.12. The van der Waals surface area contributed by atoms with Crippen LogP contribution in [0.25, 0.3) is 32.2 Å². The molecule has 2 aliphatic rings. The van der Waals surface area contributed by atoms with Gasteiger partial charge < -0.3 is 15.1 Å². The lowest BCUT2D eigenvalue weighted by molar-refractivity contribution is 0.288. The summed E-state index contributed by atoms with van der Waals surface area (Å²) in [4.78, 5) is 14.2. The van der Waals surface area contributed by atoms with Crippen LogP contribution < -0.4 is 5.32 Å². The maximum Gasteiger partial charge on any atom is 0.0966 e. The van der Waals surface area contributed by atoms with Gasteiger partial charge in [0, 0.05) is 46.6 Å². The van der Waals surface area contributed by atoms with Gasteiger partial charge in [-0.1, -0.05) is 6.07 Å². The second-order valence-electron chi connectivity index (χ2n) is 9.11. The van der Waals surface area contributed by atoms with Crippen molar-refractivity contribution < 1.29 is 0 Å². The summed E-state index contributed by atoms with van der Waals surface area (Å²) in [6, 6.07) is 11.6. The van der Waals surface area contributed by atoms with Crippen molar-refractivity contribution in [3.05, 3.63) is 77.7 Å². The summed E-state index contributed by atoms with van der Waals surface area (Å²) in [5, 5.41) is 7.21. The van der Waals surface area contributed by atoms with E-state index in [1.165, 1.54) is 39.9 Å². The van der Waals surface area contributed by atoms with Crippen molar-refractivity contribution in [2.24, 2.45) is 0 Å². The Balaban J connectivity index is 1.35. The van der Waals surface area contributed by atoms with E-state index >= 15 is 0 Å². The molecule has 4 heterocycles. The van der Waals surface area contributed by atoms with E-state index in [-0.39, 0.29) is 0 Å². The third-order valence-corrected chi connectivity index (χ3v) is 7.80. The van der Waals surface area contributed by atoms with Crippen LogP contribution in [-0.4, -0.2) is 52.5 Å². The van der Waals surface area contributed by atoms with Gasteiger partial charge in [0.25, 0.3) is 0 Å². The Labute approximate surface area is 198 Å². The van der Waals surface area contributed by atoms with E-state index < -0.39 is 0 Å². The van der Waals surface area contributed by atoms with Gasteiger partial charge in [0.15, 0.2) is 0 Å². The van der Waals surface area contributed by atoms with Crippen LogP contribution in [0.3, 0.4) is 0 Å². The largest absolute Gasteiger partial charge is 0.367 e. The first kappa shape index (κ1) is 20.4. The molecule has 33 heavy (non-hydrogen) atoms. The van der Waals surface area contributed by atoms with Crippen molar-refractivity contribution >= 4 is 38.1 Å². The van der Waals surface area contributed by atoms with E-state index in [1.54, 1.807) is 23.7 Å². The number of fused-ring (bicyclic) bond motifs is 2. The molecule has 1 unspecified atom stereocenters. The SMILES string of the molecule is Cc1csc2ccc(-c3cc(NC4=CC=CN(C5CCN(C)C5)C4)cc4nccnc34)cc12. The van der Waals surface area contributed by atoms with Crippen molar-refractivity contribution in [3.8, 4) is 11.1 Å². The topological polar surface area (TPSA) is 44.3 Å². The quantitative estimate of drug-likeness (QED) is 0.433. The van der Waals surface area contributed by atoms with Crippen LogP contribution in [0, 0.1) is 6.92 Å². The Bertz CT molecular complexity index is 1400. The van der Waals surface area contributed by atoms with E-state index in [1.807, 2.05) is 0 Å². The van der Waals surface area contributed by atoms with E-state index in [4.69, 9.17) is 0 Å². The third-order valence-electron chi connectivity index (χ3n) is 6.72. The standard InChI is InChI=1S/C27H27N5S/c1-18-17-33-26-6-5-19(12-23(18)26)24-13-21(14-25-27(24)29-9-8-28-25)30-20-4-3-10-32(15-20)22-7-11-31(2)16-22/h3-6,8-10,12-14,17,22,30H,7,11,15-16H2,1-2H3. The molecule has 0 bridgehead atoms. The lowest BCUT2D eigenvalue weighted by Crippen LogP contribution is -2.36. The van der Waals surface area contributed by atoms with E-state index in [0.717, 1.165) is 35.4 Å². The normalized spacial score (nSPS) is 18.9. The van der Waals surface area contributed by atoms with E-state index in [9.17, 15) is 0 Å². The van der Waals surface area contributed by atoms with Crippen LogP contribution >= 0.6 is 11.3 Å². The fourth-order valence-corrected chi connectivity index (χ4v) is 5.89. The zero-order valence-corrected chi connectivity index (χ0v) is 19.8. The Morgan fingerprint density at radius 1 is 1.12 bits per heavy atom. The number of nitrogens with one attached hydrogen (secondary N) is 1. The molecule has 1 fully saturated rings. The highest BCUT2D eigenvalue weighted by Gasteiger charge is 2.25. The van der Waals surface area contributed by atoms with Crippen molar-refractivity contribution in [3.63, 3.8) is 0 Å². The highest BCUT2D eigenvalue weighted by Crippen LogP contribution is 2.35. The van der Waals surface area contributed by atoms with Gasteiger partial charge in [0.05, 0.1) is 17.6 Å². The Hall–Kier alpha value is -3.22. The van der Waals surface area contributed by atoms with Crippen LogP contribution in [-0.2, 0) is 0 Å². The summed E-state index contributed by atoms with van der Waals surface area (Å²) in [5.74, 6) is 0. The molecule has 0 spiro atoms. The number of hydrogen-bond donors (Lipinski definition) is 1. The van der Waals surface area contributed by atoms with Gasteiger partial charge in [-0.05, 0) is 91.4 Å². The molecule has 6 rings (SSSR count). The first-order valence-electron chi connectivity index (χ1n) is 11.5. The molecule has 2 aromatic heterocycles. The number of aromatic nitrogens is 2. The molecule has 0 saturated carbocycles. The molecular formula is C27H27N5S. The molecule has 1 N–H and O–H groups in total. The number of likely N-dealkylation sites (N-methyl/N-ethyl adjacent to an activating group) is 1. The molecule has 2 aromatic carbocycles. The predicted molar refractivity (Wildman–Crippen MR) is 139 cm³/mol. The number of allylic oxidation sites excluding steroid dienone is 2. The fourth-order valence-electron chi connectivity index (χ4n) is 4.96. The second-order valence-corrected chi connectivity index (χ2v) is 10.0. The van der Waals surface area contributed by atoms with Gasteiger partial charge in [0.1, 0.15) is 0 Å². The Morgan fingerprint density at radius 3 is 2.91 bits per heavy atom. The molecule has 0 radical (unpaired) electrons. The Morgan fingerprint density at radius 2 is 2.03 bits per heavy atom. The number of likely N-dealkylation sites (tertiary alicyclic amines) is 1. The lowest BCUT2D eigenvalue weighted by atomic mass is 10.0. The van der Waals surface area contributed by atoms with Crippen LogP contribution in [0.1, 0.15) is 12.0 Å². The van der Waals surface area contributed by atoms with E-state index in [2.05, 4.69) is 93.1 Å². The summed E-state index contributed by atoms with van der Waals surface area (Å²) in [5.41, 5.74) is 7.68. The molecule has 6 heteroatoms. The number of nitrogens with zero attached hydrogens (tertiary/aromatic N) is 4. The van der Waals surface area contributed by atoms with Crippen molar-refractivity contribution in [2.45, 2.75) is 19.4 Å². The smallest absolute Gasteiger partial charge is 0.0966 e. The lowest BCUT2D eigenvalue weighted by Gasteiger charge is -2.31. The predicted octanol–water partition coefficient (Wildman–Crippen LogP) is 5.65. The van der Waals surface area contributed by atoms with Gasteiger partial charge in [-0.25, -0.2) is 0 Å². The van der Waals surface area contributed by atoms with Gasteiger partial charge in [-0.15, -0.1) is 11.3 Å². The minimum absolute atomic E-state index is 0.579. The number of anilines is 1. The van der Waals surface area contributed by atoms with Gasteiger partial charge in [-0.3, -0.25) is 9.97 Å². The third kappa shape index (κ3) is 3.90. The zero-order chi connectivity index (χ0) is 22.4. The fraction of sp³-hybridized carbons (Fsp3) is 0.259. The van der Waals surface area contributed by atoms with Crippen LogP contribution in [0.4, 0.5) is 5.69 Å². The molecule has 5 nitrogen and oxygen atoms in total. The number of thiophene rings is 1. The van der Waals surface area contributed by atoms with Crippen molar-refractivity contribution in [1.29, 1.82) is 0 Å². The molecule has 0 aliphatic carbocycles. The first-order chi connectivity index (χ1) is 16.1. The van der Waals surface area contributed by atoms with Crippen LogP contribution in [0.15, 0.2) is 72.2 Å². The van der Waals surface area contributed by atoms with Crippen molar-refractivity contribution in [1.82, 2.24) is 19.8 Å². The second kappa shape index (κ2) is 8.28. The number of hydrogen-bond acceptors (Lipinski definition) is 6. The molecule has 166 valence electrons.